The second kappa shape index (κ2) is 4.90. The molecule has 3 saturated heterocycles. The maximum absolute atomic E-state index is 11.1. The van der Waals surface area contributed by atoms with Crippen molar-refractivity contribution in [3.8, 4) is 11.4 Å². The summed E-state index contributed by atoms with van der Waals surface area (Å²) in [5.41, 5.74) is 1.33. The van der Waals surface area contributed by atoms with Gasteiger partial charge in [0.1, 0.15) is 5.60 Å². The predicted molar refractivity (Wildman–Crippen MR) is 80.5 cm³/mol. The molecule has 0 amide bonds. The average Bonchev–Trinajstić information content (AvgIpc) is 2.57. The van der Waals surface area contributed by atoms with Gasteiger partial charge >= 0.3 is 0 Å². The van der Waals surface area contributed by atoms with Crippen LogP contribution in [0.5, 0.6) is 0 Å². The molecule has 108 valence electrons. The fourth-order valence-corrected chi connectivity index (χ4v) is 3.72. The number of rotatable bonds is 2. The van der Waals surface area contributed by atoms with E-state index in [1.807, 2.05) is 30.3 Å². The standard InChI is InChI=1S/C17H19N3O/c21-17(12-20-10-6-15(17)7-11-20)14-4-2-13(3-5-14)16-18-8-1-9-19-16/h1-5,8-9,15,21H,6-7,10-12H2/t17-/m0/s1. The van der Waals surface area contributed by atoms with Crippen molar-refractivity contribution in [1.29, 1.82) is 0 Å². The molecular formula is C17H19N3O. The summed E-state index contributed by atoms with van der Waals surface area (Å²) in [6.07, 6.45) is 5.69. The monoisotopic (exact) mass is 281 g/mol. The molecule has 0 saturated carbocycles. The molecular weight excluding hydrogens is 262 g/mol. The molecule has 0 unspecified atom stereocenters. The Hall–Kier alpha value is -1.78. The molecule has 0 aliphatic carbocycles. The number of aromatic nitrogens is 2. The molecule has 4 nitrogen and oxygen atoms in total. The molecule has 1 aromatic heterocycles. The van der Waals surface area contributed by atoms with E-state index in [0.717, 1.165) is 49.4 Å². The van der Waals surface area contributed by atoms with Crippen molar-refractivity contribution in [2.45, 2.75) is 18.4 Å². The third kappa shape index (κ3) is 2.15. The van der Waals surface area contributed by atoms with Gasteiger partial charge in [-0.3, -0.25) is 0 Å². The SMILES string of the molecule is O[C@]1(c2ccc(-c3ncccn3)cc2)CN2CCC1CC2. The average molecular weight is 281 g/mol. The molecule has 0 spiro atoms. The predicted octanol–water partition coefficient (Wildman–Crippen LogP) is 2.06. The van der Waals surface area contributed by atoms with Gasteiger partial charge in [0.15, 0.2) is 5.82 Å². The molecule has 4 heterocycles. The lowest BCUT2D eigenvalue weighted by Crippen LogP contribution is -2.57. The summed E-state index contributed by atoms with van der Waals surface area (Å²) in [5, 5.41) is 11.1. The van der Waals surface area contributed by atoms with E-state index >= 15 is 0 Å². The summed E-state index contributed by atoms with van der Waals surface area (Å²) < 4.78 is 0. The van der Waals surface area contributed by atoms with Crippen molar-refractivity contribution in [1.82, 2.24) is 14.9 Å². The highest BCUT2D eigenvalue weighted by atomic mass is 16.3. The topological polar surface area (TPSA) is 49.3 Å². The minimum absolute atomic E-state index is 0.390. The quantitative estimate of drug-likeness (QED) is 0.915. The van der Waals surface area contributed by atoms with Gasteiger partial charge in [-0.2, -0.15) is 0 Å². The van der Waals surface area contributed by atoms with Gasteiger partial charge in [0.05, 0.1) is 0 Å². The molecule has 3 fully saturated rings. The van der Waals surface area contributed by atoms with Gasteiger partial charge < -0.3 is 10.0 Å². The van der Waals surface area contributed by atoms with Gasteiger partial charge in [0, 0.05) is 24.5 Å². The molecule has 21 heavy (non-hydrogen) atoms. The van der Waals surface area contributed by atoms with E-state index in [-0.39, 0.29) is 0 Å². The van der Waals surface area contributed by atoms with E-state index in [2.05, 4.69) is 14.9 Å². The van der Waals surface area contributed by atoms with Crippen LogP contribution in [-0.4, -0.2) is 39.6 Å². The lowest BCUT2D eigenvalue weighted by molar-refractivity contribution is -0.117. The van der Waals surface area contributed by atoms with Crippen LogP contribution in [0.15, 0.2) is 42.7 Å². The summed E-state index contributed by atoms with van der Waals surface area (Å²) in [7, 11) is 0. The van der Waals surface area contributed by atoms with E-state index in [1.54, 1.807) is 12.4 Å². The Morgan fingerprint density at radius 1 is 1.05 bits per heavy atom. The van der Waals surface area contributed by atoms with Gasteiger partial charge in [-0.1, -0.05) is 24.3 Å². The van der Waals surface area contributed by atoms with E-state index in [9.17, 15) is 5.11 Å². The summed E-state index contributed by atoms with van der Waals surface area (Å²) in [6, 6.07) is 9.91. The van der Waals surface area contributed by atoms with E-state index in [4.69, 9.17) is 0 Å². The molecule has 1 aromatic carbocycles. The number of hydrogen-bond acceptors (Lipinski definition) is 4. The van der Waals surface area contributed by atoms with Crippen LogP contribution in [-0.2, 0) is 5.60 Å². The third-order valence-electron chi connectivity index (χ3n) is 4.94. The van der Waals surface area contributed by atoms with E-state index < -0.39 is 5.60 Å². The highest BCUT2D eigenvalue weighted by Gasteiger charge is 2.46. The van der Waals surface area contributed by atoms with Crippen molar-refractivity contribution in [3.05, 3.63) is 48.3 Å². The smallest absolute Gasteiger partial charge is 0.159 e. The number of nitrogens with zero attached hydrogens (tertiary/aromatic N) is 3. The Bertz CT molecular complexity index is 620. The van der Waals surface area contributed by atoms with E-state index in [1.165, 1.54) is 0 Å². The lowest BCUT2D eigenvalue weighted by atomic mass is 9.71. The zero-order valence-electron chi connectivity index (χ0n) is 11.9. The first-order valence-corrected chi connectivity index (χ1v) is 7.58. The van der Waals surface area contributed by atoms with Crippen LogP contribution in [0.2, 0.25) is 0 Å². The largest absolute Gasteiger partial charge is 0.384 e. The summed E-state index contributed by atoms with van der Waals surface area (Å²) in [5.74, 6) is 1.12. The van der Waals surface area contributed by atoms with Crippen molar-refractivity contribution in [2.24, 2.45) is 5.92 Å². The van der Waals surface area contributed by atoms with Gasteiger partial charge in [-0.05, 0) is 43.5 Å². The molecule has 3 aliphatic heterocycles. The zero-order valence-corrected chi connectivity index (χ0v) is 11.9. The van der Waals surface area contributed by atoms with Crippen molar-refractivity contribution < 1.29 is 5.11 Å². The van der Waals surface area contributed by atoms with Crippen LogP contribution in [0.3, 0.4) is 0 Å². The van der Waals surface area contributed by atoms with Gasteiger partial charge in [0.25, 0.3) is 0 Å². The highest BCUT2D eigenvalue weighted by Crippen LogP contribution is 2.42. The van der Waals surface area contributed by atoms with Crippen LogP contribution in [0, 0.1) is 5.92 Å². The molecule has 2 aromatic rings. The van der Waals surface area contributed by atoms with Crippen LogP contribution in [0.4, 0.5) is 0 Å². The van der Waals surface area contributed by atoms with Crippen LogP contribution >= 0.6 is 0 Å². The maximum atomic E-state index is 11.1. The van der Waals surface area contributed by atoms with Crippen LogP contribution in [0.25, 0.3) is 11.4 Å². The van der Waals surface area contributed by atoms with Gasteiger partial charge in [0.2, 0.25) is 0 Å². The Morgan fingerprint density at radius 3 is 2.29 bits per heavy atom. The van der Waals surface area contributed by atoms with Gasteiger partial charge in [-0.25, -0.2) is 9.97 Å². The Balaban J connectivity index is 1.65. The molecule has 2 bridgehead atoms. The zero-order chi connectivity index (χ0) is 14.3. The van der Waals surface area contributed by atoms with Gasteiger partial charge in [-0.15, -0.1) is 0 Å². The Morgan fingerprint density at radius 2 is 1.71 bits per heavy atom. The minimum atomic E-state index is -0.688. The second-order valence-electron chi connectivity index (χ2n) is 6.12. The third-order valence-corrected chi connectivity index (χ3v) is 4.94. The second-order valence-corrected chi connectivity index (χ2v) is 6.12. The molecule has 0 radical (unpaired) electrons. The molecule has 1 atom stereocenters. The molecule has 1 N–H and O–H groups in total. The summed E-state index contributed by atoms with van der Waals surface area (Å²) in [6.45, 7) is 3.02. The first-order valence-electron chi connectivity index (χ1n) is 7.58. The fraction of sp³-hybridized carbons (Fsp3) is 0.412. The Kier molecular flexibility index (Phi) is 3.01. The maximum Gasteiger partial charge on any atom is 0.159 e. The van der Waals surface area contributed by atoms with Crippen LogP contribution in [0.1, 0.15) is 18.4 Å². The lowest BCUT2D eigenvalue weighted by Gasteiger charge is -2.50. The molecule has 3 aliphatic rings. The fourth-order valence-electron chi connectivity index (χ4n) is 3.72. The highest BCUT2D eigenvalue weighted by molar-refractivity contribution is 5.55. The number of piperidine rings is 3. The molecule has 4 heteroatoms. The minimum Gasteiger partial charge on any atom is -0.384 e. The summed E-state index contributed by atoms with van der Waals surface area (Å²) in [4.78, 5) is 10.9. The first-order chi connectivity index (χ1) is 10.3. The van der Waals surface area contributed by atoms with Crippen molar-refractivity contribution in [3.63, 3.8) is 0 Å². The van der Waals surface area contributed by atoms with Crippen LogP contribution < -0.4 is 0 Å². The van der Waals surface area contributed by atoms with E-state index in [0.29, 0.717) is 5.92 Å². The van der Waals surface area contributed by atoms with Crippen molar-refractivity contribution in [2.75, 3.05) is 19.6 Å². The number of aliphatic hydroxyl groups is 1. The Labute approximate surface area is 124 Å². The number of fused-ring (bicyclic) bond motifs is 3. The molecule has 5 rings (SSSR count). The number of hydrogen-bond donors (Lipinski definition) is 1. The normalized spacial score (nSPS) is 31.3. The first kappa shape index (κ1) is 12.9. The number of benzene rings is 1. The summed E-state index contributed by atoms with van der Waals surface area (Å²) >= 11 is 0. The van der Waals surface area contributed by atoms with Crippen molar-refractivity contribution >= 4 is 0 Å².